The minimum Gasteiger partial charge on any atom is -0.421 e. The quantitative estimate of drug-likeness (QED) is 0.725. The highest BCUT2D eigenvalue weighted by Gasteiger charge is 2.42. The maximum absolute atomic E-state index is 5.38. The van der Waals surface area contributed by atoms with Gasteiger partial charge in [-0.15, -0.1) is 10.2 Å². The van der Waals surface area contributed by atoms with Crippen molar-refractivity contribution in [2.24, 2.45) is 5.73 Å². The fourth-order valence-electron chi connectivity index (χ4n) is 1.48. The van der Waals surface area contributed by atoms with Crippen molar-refractivity contribution < 1.29 is 13.9 Å². The van der Waals surface area contributed by atoms with Gasteiger partial charge < -0.3 is 19.6 Å². The monoisotopic (exact) mass is 199 g/mol. The van der Waals surface area contributed by atoms with E-state index < -0.39 is 5.60 Å². The molecule has 1 unspecified atom stereocenters. The van der Waals surface area contributed by atoms with Crippen LogP contribution in [0.3, 0.4) is 0 Å². The minimum atomic E-state index is -0.569. The van der Waals surface area contributed by atoms with Gasteiger partial charge in [0.2, 0.25) is 5.89 Å². The number of nitrogens with two attached hydrogens (primary N) is 1. The van der Waals surface area contributed by atoms with Crippen LogP contribution in [-0.4, -0.2) is 30.5 Å². The van der Waals surface area contributed by atoms with Gasteiger partial charge in [-0.25, -0.2) is 0 Å². The van der Waals surface area contributed by atoms with Gasteiger partial charge in [-0.3, -0.25) is 0 Å². The van der Waals surface area contributed by atoms with Crippen LogP contribution in [-0.2, 0) is 21.6 Å². The van der Waals surface area contributed by atoms with Crippen LogP contribution in [0.25, 0.3) is 0 Å². The van der Waals surface area contributed by atoms with Crippen molar-refractivity contribution in [1.82, 2.24) is 10.2 Å². The molecule has 0 aliphatic carbocycles. The molecule has 2 N–H and O–H groups in total. The zero-order valence-electron chi connectivity index (χ0n) is 8.02. The lowest BCUT2D eigenvalue weighted by molar-refractivity contribution is -0.0416. The van der Waals surface area contributed by atoms with Crippen LogP contribution in [0.1, 0.15) is 18.2 Å². The summed E-state index contributed by atoms with van der Waals surface area (Å²) in [5.41, 5.74) is 4.81. The highest BCUT2D eigenvalue weighted by molar-refractivity contribution is 5.00. The summed E-state index contributed by atoms with van der Waals surface area (Å²) < 4.78 is 16.0. The summed E-state index contributed by atoms with van der Waals surface area (Å²) >= 11 is 0. The van der Waals surface area contributed by atoms with Gasteiger partial charge in [0.1, 0.15) is 0 Å². The lowest BCUT2D eigenvalue weighted by atomic mass is 10.0. The molecule has 0 radical (unpaired) electrons. The molecule has 2 rings (SSSR count). The fourth-order valence-corrected chi connectivity index (χ4v) is 1.48. The smallest absolute Gasteiger partial charge is 0.250 e. The molecule has 1 fully saturated rings. The number of rotatable bonds is 3. The molecule has 0 aromatic carbocycles. The number of nitrogens with zero attached hydrogens (tertiary/aromatic N) is 2. The van der Waals surface area contributed by atoms with Gasteiger partial charge in [-0.05, 0) is 0 Å². The fraction of sp³-hybridized carbons (Fsp3) is 0.750. The number of ether oxygens (including phenoxy) is 2. The van der Waals surface area contributed by atoms with Crippen LogP contribution < -0.4 is 5.73 Å². The summed E-state index contributed by atoms with van der Waals surface area (Å²) in [6.07, 6.45) is 0.732. The highest BCUT2D eigenvalue weighted by atomic mass is 16.6. The Bertz CT molecular complexity index is 307. The van der Waals surface area contributed by atoms with Crippen molar-refractivity contribution >= 4 is 0 Å². The molecule has 1 aliphatic rings. The molecule has 0 spiro atoms. The molecule has 14 heavy (non-hydrogen) atoms. The van der Waals surface area contributed by atoms with Crippen LogP contribution in [0.2, 0.25) is 0 Å². The first-order valence-electron chi connectivity index (χ1n) is 4.46. The Morgan fingerprint density at radius 3 is 2.93 bits per heavy atom. The third kappa shape index (κ3) is 1.41. The highest BCUT2D eigenvalue weighted by Crippen LogP contribution is 2.32. The van der Waals surface area contributed by atoms with Gasteiger partial charge in [-0.1, -0.05) is 0 Å². The van der Waals surface area contributed by atoms with Crippen molar-refractivity contribution in [2.75, 3.05) is 20.3 Å². The van der Waals surface area contributed by atoms with E-state index in [-0.39, 0.29) is 6.54 Å². The Hall–Kier alpha value is -0.980. The van der Waals surface area contributed by atoms with Crippen LogP contribution >= 0.6 is 0 Å². The largest absolute Gasteiger partial charge is 0.421 e. The average Bonchev–Trinajstić information content (AvgIpc) is 2.87. The van der Waals surface area contributed by atoms with Gasteiger partial charge in [0, 0.05) is 13.5 Å². The molecule has 0 bridgehead atoms. The summed E-state index contributed by atoms with van der Waals surface area (Å²) in [5.74, 6) is 0.876. The maximum Gasteiger partial charge on any atom is 0.250 e. The molecule has 1 saturated heterocycles. The average molecular weight is 199 g/mol. The Morgan fingerprint density at radius 1 is 1.57 bits per heavy atom. The number of hydrogen-bond acceptors (Lipinski definition) is 6. The van der Waals surface area contributed by atoms with E-state index in [0.29, 0.717) is 25.0 Å². The van der Waals surface area contributed by atoms with Gasteiger partial charge in [0.15, 0.2) is 5.60 Å². The molecule has 6 heteroatoms. The standard InChI is InChI=1S/C8H13N3O3/c1-12-8(2-3-13-5-8)7-11-10-6(4-9)14-7/h2-5,9H2,1H3. The minimum absolute atomic E-state index is 0.244. The Morgan fingerprint density at radius 2 is 2.43 bits per heavy atom. The second kappa shape index (κ2) is 3.64. The van der Waals surface area contributed by atoms with Gasteiger partial charge in [0.05, 0.1) is 19.8 Å². The Labute approximate surface area is 81.4 Å². The van der Waals surface area contributed by atoms with Gasteiger partial charge in [0.25, 0.3) is 5.89 Å². The molecule has 1 aliphatic heterocycles. The van der Waals surface area contributed by atoms with E-state index in [2.05, 4.69) is 10.2 Å². The molecule has 0 saturated carbocycles. The zero-order valence-corrected chi connectivity index (χ0v) is 8.02. The summed E-state index contributed by atoms with van der Waals surface area (Å²) in [7, 11) is 1.61. The van der Waals surface area contributed by atoms with Crippen molar-refractivity contribution in [2.45, 2.75) is 18.6 Å². The van der Waals surface area contributed by atoms with E-state index >= 15 is 0 Å². The first-order chi connectivity index (χ1) is 6.80. The Kier molecular flexibility index (Phi) is 2.49. The third-order valence-corrected chi connectivity index (χ3v) is 2.41. The molecule has 1 atom stereocenters. The third-order valence-electron chi connectivity index (χ3n) is 2.41. The number of methoxy groups -OCH3 is 1. The molecule has 0 amide bonds. The van der Waals surface area contributed by atoms with Crippen LogP contribution in [0.5, 0.6) is 0 Å². The molecule has 1 aromatic rings. The van der Waals surface area contributed by atoms with E-state index in [4.69, 9.17) is 19.6 Å². The van der Waals surface area contributed by atoms with Gasteiger partial charge >= 0.3 is 0 Å². The van der Waals surface area contributed by atoms with Crippen molar-refractivity contribution in [1.29, 1.82) is 0 Å². The Balaban J connectivity index is 2.26. The lowest BCUT2D eigenvalue weighted by Crippen LogP contribution is -2.29. The topological polar surface area (TPSA) is 83.4 Å². The predicted octanol–water partition coefficient (Wildman–Crippen LogP) is -0.210. The molecule has 1 aromatic heterocycles. The summed E-state index contributed by atoms with van der Waals surface area (Å²) in [4.78, 5) is 0. The second-order valence-corrected chi connectivity index (χ2v) is 3.21. The van der Waals surface area contributed by atoms with Crippen molar-refractivity contribution in [3.8, 4) is 0 Å². The van der Waals surface area contributed by atoms with Crippen molar-refractivity contribution in [3.05, 3.63) is 11.8 Å². The zero-order chi connectivity index (χ0) is 10.0. The van der Waals surface area contributed by atoms with Gasteiger partial charge in [-0.2, -0.15) is 0 Å². The summed E-state index contributed by atoms with van der Waals surface area (Å²) in [6, 6.07) is 0. The van der Waals surface area contributed by atoms with Crippen LogP contribution in [0.4, 0.5) is 0 Å². The lowest BCUT2D eigenvalue weighted by Gasteiger charge is -2.20. The molecule has 6 nitrogen and oxygen atoms in total. The SMILES string of the molecule is COC1(c2nnc(CN)o2)CCOC1. The molecular weight excluding hydrogens is 186 g/mol. The van der Waals surface area contributed by atoms with E-state index in [1.807, 2.05) is 0 Å². The van der Waals surface area contributed by atoms with E-state index in [0.717, 1.165) is 6.42 Å². The van der Waals surface area contributed by atoms with Crippen LogP contribution in [0.15, 0.2) is 4.42 Å². The summed E-state index contributed by atoms with van der Waals surface area (Å²) in [6.45, 7) is 1.34. The second-order valence-electron chi connectivity index (χ2n) is 3.21. The maximum atomic E-state index is 5.38. The number of hydrogen-bond donors (Lipinski definition) is 1. The number of aromatic nitrogens is 2. The van der Waals surface area contributed by atoms with E-state index in [1.165, 1.54) is 0 Å². The van der Waals surface area contributed by atoms with Crippen LogP contribution in [0, 0.1) is 0 Å². The predicted molar refractivity (Wildman–Crippen MR) is 46.3 cm³/mol. The first kappa shape index (κ1) is 9.57. The first-order valence-corrected chi connectivity index (χ1v) is 4.46. The molecular formula is C8H13N3O3. The normalized spacial score (nSPS) is 27.0. The van der Waals surface area contributed by atoms with E-state index in [1.54, 1.807) is 7.11 Å². The van der Waals surface area contributed by atoms with E-state index in [9.17, 15) is 0 Å². The van der Waals surface area contributed by atoms with Crippen molar-refractivity contribution in [3.63, 3.8) is 0 Å². The summed E-state index contributed by atoms with van der Waals surface area (Å²) in [5, 5.41) is 7.71. The molecule has 2 heterocycles. The molecule has 78 valence electrons.